The van der Waals surface area contributed by atoms with Gasteiger partial charge in [0.25, 0.3) is 15.9 Å². The van der Waals surface area contributed by atoms with Crippen molar-refractivity contribution < 1.29 is 13.2 Å². The van der Waals surface area contributed by atoms with Crippen molar-refractivity contribution in [1.82, 2.24) is 9.99 Å². The van der Waals surface area contributed by atoms with E-state index in [9.17, 15) is 13.2 Å². The molecule has 0 fully saturated rings. The van der Waals surface area contributed by atoms with Gasteiger partial charge >= 0.3 is 0 Å². The van der Waals surface area contributed by atoms with Crippen LogP contribution < -0.4 is 9.73 Å². The van der Waals surface area contributed by atoms with Crippen LogP contribution in [0.25, 0.3) is 5.69 Å². The number of aromatic nitrogens is 1. The summed E-state index contributed by atoms with van der Waals surface area (Å²) in [6.07, 6.45) is 1.58. The molecule has 7 nitrogen and oxygen atoms in total. The van der Waals surface area contributed by atoms with Crippen LogP contribution in [0, 0.1) is 34.6 Å². The molecule has 0 radical (unpaired) electrons. The second-order valence-corrected chi connectivity index (χ2v) is 12.3. The number of aryl methyl sites for hydroxylation is 4. The summed E-state index contributed by atoms with van der Waals surface area (Å²) in [5.74, 6) is -0.562. The Bertz CT molecular complexity index is 1640. The van der Waals surface area contributed by atoms with Gasteiger partial charge in [0.15, 0.2) is 0 Å². The molecule has 0 unspecified atom stereocenters. The van der Waals surface area contributed by atoms with Crippen molar-refractivity contribution in [3.63, 3.8) is 0 Å². The predicted octanol–water partition coefficient (Wildman–Crippen LogP) is 6.13. The number of hydrogen-bond donors (Lipinski definition) is 1. The molecule has 9 heteroatoms. The van der Waals surface area contributed by atoms with E-state index < -0.39 is 22.5 Å². The maximum atomic E-state index is 13.5. The van der Waals surface area contributed by atoms with Gasteiger partial charge in [-0.05, 0) is 100 Å². The highest BCUT2D eigenvalue weighted by molar-refractivity contribution is 9.10. The van der Waals surface area contributed by atoms with E-state index in [1.807, 2.05) is 26.8 Å². The Kier molecular flexibility index (Phi) is 8.42. The van der Waals surface area contributed by atoms with Gasteiger partial charge in [0.1, 0.15) is 6.54 Å². The number of amides is 1. The molecule has 0 aliphatic carbocycles. The van der Waals surface area contributed by atoms with E-state index >= 15 is 0 Å². The third kappa shape index (κ3) is 6.32. The third-order valence-electron chi connectivity index (χ3n) is 6.62. The van der Waals surface area contributed by atoms with Gasteiger partial charge in [-0.3, -0.25) is 9.10 Å². The Hall–Kier alpha value is -3.69. The molecule has 0 aliphatic heterocycles. The topological polar surface area (TPSA) is 83.8 Å². The van der Waals surface area contributed by atoms with Crippen LogP contribution >= 0.6 is 15.9 Å². The lowest BCUT2D eigenvalue weighted by atomic mass is 10.1. The van der Waals surface area contributed by atoms with Crippen LogP contribution in [0.15, 0.2) is 87.3 Å². The smallest absolute Gasteiger partial charge is 0.264 e. The number of anilines is 1. The number of sulfonamides is 1. The van der Waals surface area contributed by atoms with Gasteiger partial charge in [-0.1, -0.05) is 39.7 Å². The van der Waals surface area contributed by atoms with Gasteiger partial charge in [0.2, 0.25) is 0 Å². The fourth-order valence-electron chi connectivity index (χ4n) is 4.28. The number of halogens is 1. The molecule has 1 aromatic heterocycles. The highest BCUT2D eigenvalue weighted by atomic mass is 79.9. The van der Waals surface area contributed by atoms with Crippen molar-refractivity contribution >= 4 is 43.8 Å². The van der Waals surface area contributed by atoms with Crippen LogP contribution in [0.3, 0.4) is 0 Å². The van der Waals surface area contributed by atoms with Crippen molar-refractivity contribution in [2.24, 2.45) is 5.10 Å². The van der Waals surface area contributed by atoms with Crippen LogP contribution in [0.5, 0.6) is 0 Å². The molecule has 1 amide bonds. The monoisotopic (exact) mass is 606 g/mol. The standard InChI is InChI=1S/C30H31BrN4O3S/c1-20-6-14-29(15-7-20)39(37,38)34(27-12-9-26(31)10-13-27)19-30(36)33-32-18-25-17-23(4)35(24(25)5)28-11-8-21(2)22(3)16-28/h6-18H,19H2,1-5H3,(H,33,36)/b32-18-. The van der Waals surface area contributed by atoms with Gasteiger partial charge in [-0.15, -0.1) is 0 Å². The minimum absolute atomic E-state index is 0.103. The summed E-state index contributed by atoms with van der Waals surface area (Å²) in [6.45, 7) is 9.63. The molecule has 4 aromatic rings. The zero-order chi connectivity index (χ0) is 28.3. The van der Waals surface area contributed by atoms with Gasteiger partial charge in [0.05, 0.1) is 16.8 Å². The van der Waals surface area contributed by atoms with Crippen LogP contribution in [0.4, 0.5) is 5.69 Å². The first-order valence-electron chi connectivity index (χ1n) is 12.4. The predicted molar refractivity (Wildman–Crippen MR) is 160 cm³/mol. The first-order valence-corrected chi connectivity index (χ1v) is 14.6. The molecule has 4 rings (SSSR count). The van der Waals surface area contributed by atoms with Gasteiger partial charge in [-0.2, -0.15) is 5.10 Å². The molecule has 39 heavy (non-hydrogen) atoms. The number of rotatable bonds is 8. The Morgan fingerprint density at radius 2 is 1.59 bits per heavy atom. The van der Waals surface area contributed by atoms with Crippen LogP contribution in [0.2, 0.25) is 0 Å². The largest absolute Gasteiger partial charge is 0.318 e. The van der Waals surface area contributed by atoms with Crippen molar-refractivity contribution in [1.29, 1.82) is 0 Å². The van der Waals surface area contributed by atoms with E-state index in [4.69, 9.17) is 0 Å². The molecule has 0 saturated carbocycles. The Balaban J connectivity index is 1.55. The number of benzene rings is 3. The Morgan fingerprint density at radius 1 is 0.923 bits per heavy atom. The summed E-state index contributed by atoms with van der Waals surface area (Å²) in [7, 11) is -4.00. The molecule has 0 atom stereocenters. The molecule has 1 heterocycles. The number of carbonyl (C=O) groups excluding carboxylic acids is 1. The third-order valence-corrected chi connectivity index (χ3v) is 8.94. The van der Waals surface area contributed by atoms with Crippen LogP contribution in [-0.4, -0.2) is 31.7 Å². The Morgan fingerprint density at radius 3 is 2.23 bits per heavy atom. The summed E-state index contributed by atoms with van der Waals surface area (Å²) >= 11 is 3.37. The van der Waals surface area contributed by atoms with Crippen LogP contribution in [0.1, 0.15) is 33.6 Å². The number of nitrogens with one attached hydrogen (secondary N) is 1. The number of nitrogens with zero attached hydrogens (tertiary/aromatic N) is 3. The van der Waals surface area contributed by atoms with E-state index in [0.29, 0.717) is 5.69 Å². The summed E-state index contributed by atoms with van der Waals surface area (Å²) < 4.78 is 31.1. The van der Waals surface area contributed by atoms with E-state index in [0.717, 1.165) is 37.0 Å². The van der Waals surface area contributed by atoms with Crippen molar-refractivity contribution in [2.75, 3.05) is 10.8 Å². The summed E-state index contributed by atoms with van der Waals surface area (Å²) in [4.78, 5) is 13.0. The summed E-state index contributed by atoms with van der Waals surface area (Å²) in [5, 5.41) is 4.14. The second-order valence-electron chi connectivity index (χ2n) is 9.52. The first-order chi connectivity index (χ1) is 18.5. The van der Waals surface area contributed by atoms with Gasteiger partial charge in [0, 0.05) is 27.1 Å². The Labute approximate surface area is 238 Å². The zero-order valence-electron chi connectivity index (χ0n) is 22.6. The lowest BCUT2D eigenvalue weighted by molar-refractivity contribution is -0.119. The molecule has 0 aliphatic rings. The number of carbonyl (C=O) groups is 1. The molecular weight excluding hydrogens is 576 g/mol. The summed E-state index contributed by atoms with van der Waals surface area (Å²) in [5.41, 5.74) is 10.2. The molecule has 1 N–H and O–H groups in total. The van der Waals surface area contributed by atoms with Crippen molar-refractivity contribution in [2.45, 2.75) is 39.5 Å². The highest BCUT2D eigenvalue weighted by Gasteiger charge is 2.27. The lowest BCUT2D eigenvalue weighted by Gasteiger charge is -2.23. The number of hydrazone groups is 1. The molecular formula is C30H31BrN4O3S. The minimum Gasteiger partial charge on any atom is -0.318 e. The maximum absolute atomic E-state index is 13.5. The quantitative estimate of drug-likeness (QED) is 0.193. The molecule has 0 bridgehead atoms. The van der Waals surface area contributed by atoms with Crippen molar-refractivity contribution in [3.8, 4) is 5.69 Å². The molecule has 0 saturated heterocycles. The number of hydrogen-bond acceptors (Lipinski definition) is 4. The van der Waals surface area contributed by atoms with Crippen LogP contribution in [-0.2, 0) is 14.8 Å². The maximum Gasteiger partial charge on any atom is 0.264 e. The van der Waals surface area contributed by atoms with Gasteiger partial charge < -0.3 is 4.57 Å². The van der Waals surface area contributed by atoms with E-state index in [-0.39, 0.29) is 4.90 Å². The fraction of sp³-hybridized carbons (Fsp3) is 0.200. The summed E-state index contributed by atoms with van der Waals surface area (Å²) in [6, 6.07) is 21.6. The normalized spacial score (nSPS) is 11.6. The fourth-order valence-corrected chi connectivity index (χ4v) is 5.97. The zero-order valence-corrected chi connectivity index (χ0v) is 25.0. The molecule has 202 valence electrons. The SMILES string of the molecule is Cc1ccc(S(=O)(=O)N(CC(=O)N/N=C\c2cc(C)n(-c3ccc(C)c(C)c3)c2C)c2ccc(Br)cc2)cc1. The highest BCUT2D eigenvalue weighted by Crippen LogP contribution is 2.26. The van der Waals surface area contributed by atoms with Crippen molar-refractivity contribution in [3.05, 3.63) is 111 Å². The average molecular weight is 608 g/mol. The van der Waals surface area contributed by atoms with E-state index in [1.165, 1.54) is 23.3 Å². The first kappa shape index (κ1) is 28.3. The lowest BCUT2D eigenvalue weighted by Crippen LogP contribution is -2.39. The average Bonchev–Trinajstić information content (AvgIpc) is 3.17. The minimum atomic E-state index is -4.00. The van der Waals surface area contributed by atoms with E-state index in [1.54, 1.807) is 42.6 Å². The van der Waals surface area contributed by atoms with E-state index in [2.05, 4.69) is 63.1 Å². The van der Waals surface area contributed by atoms with Gasteiger partial charge in [-0.25, -0.2) is 13.8 Å². The second kappa shape index (κ2) is 11.6. The molecule has 0 spiro atoms. The molecule has 3 aromatic carbocycles.